The third-order valence-electron chi connectivity index (χ3n) is 6.51. The number of rotatable bonds is 2. The van der Waals surface area contributed by atoms with E-state index >= 15 is 0 Å². The summed E-state index contributed by atoms with van der Waals surface area (Å²) in [7, 11) is 0. The summed E-state index contributed by atoms with van der Waals surface area (Å²) in [4.78, 5) is 5.50. The second-order valence-corrected chi connectivity index (χ2v) is 8.34. The summed E-state index contributed by atoms with van der Waals surface area (Å²) in [5, 5.41) is 0. The van der Waals surface area contributed by atoms with Crippen LogP contribution in [0.1, 0.15) is 65.2 Å². The first-order valence-corrected chi connectivity index (χ1v) is 9.31. The van der Waals surface area contributed by atoms with Gasteiger partial charge in [-0.2, -0.15) is 0 Å². The Balaban J connectivity index is 1.53. The van der Waals surface area contributed by atoms with Gasteiger partial charge in [0, 0.05) is 18.1 Å². The molecule has 3 heteroatoms. The first-order chi connectivity index (χ1) is 10.1. The standard InChI is InChI=1S/C18H35N3/c1-18(2)10-6-7-16(17(18)19)21-13-8-15(9-14-21)20-11-4-3-5-12-20/h15-17H,3-14,19H2,1-2H3. The van der Waals surface area contributed by atoms with E-state index in [4.69, 9.17) is 5.73 Å². The Bertz CT molecular complexity index is 327. The van der Waals surface area contributed by atoms with Gasteiger partial charge in [-0.3, -0.25) is 4.90 Å². The quantitative estimate of drug-likeness (QED) is 0.850. The highest BCUT2D eigenvalue weighted by Gasteiger charge is 2.40. The molecule has 0 amide bonds. The smallest absolute Gasteiger partial charge is 0.0252 e. The van der Waals surface area contributed by atoms with E-state index in [1.807, 2.05) is 0 Å². The third kappa shape index (κ3) is 3.46. The summed E-state index contributed by atoms with van der Waals surface area (Å²) in [6.07, 6.45) is 11.0. The second-order valence-electron chi connectivity index (χ2n) is 8.34. The van der Waals surface area contributed by atoms with E-state index in [1.165, 1.54) is 77.5 Å². The summed E-state index contributed by atoms with van der Waals surface area (Å²) in [6.45, 7) is 9.97. The van der Waals surface area contributed by atoms with Crippen LogP contribution in [0.2, 0.25) is 0 Å². The molecule has 0 aromatic carbocycles. The Hall–Kier alpha value is -0.120. The SMILES string of the molecule is CC1(C)CCCC(N2CCC(N3CCCCC3)CC2)C1N. The lowest BCUT2D eigenvalue weighted by Crippen LogP contribution is -2.59. The van der Waals surface area contributed by atoms with Crippen LogP contribution in [0.5, 0.6) is 0 Å². The molecule has 0 aromatic heterocycles. The van der Waals surface area contributed by atoms with Gasteiger partial charge in [0.05, 0.1) is 0 Å². The topological polar surface area (TPSA) is 32.5 Å². The van der Waals surface area contributed by atoms with Gasteiger partial charge in [0.1, 0.15) is 0 Å². The lowest BCUT2D eigenvalue weighted by molar-refractivity contribution is 0.0263. The monoisotopic (exact) mass is 293 g/mol. The Kier molecular flexibility index (Phi) is 4.92. The van der Waals surface area contributed by atoms with E-state index in [0.717, 1.165) is 6.04 Å². The number of likely N-dealkylation sites (tertiary alicyclic amines) is 2. The van der Waals surface area contributed by atoms with E-state index in [9.17, 15) is 0 Å². The molecule has 0 spiro atoms. The van der Waals surface area contributed by atoms with E-state index in [-0.39, 0.29) is 0 Å². The van der Waals surface area contributed by atoms with Gasteiger partial charge in [0.25, 0.3) is 0 Å². The molecule has 2 saturated heterocycles. The molecule has 122 valence electrons. The van der Waals surface area contributed by atoms with Gasteiger partial charge in [-0.15, -0.1) is 0 Å². The van der Waals surface area contributed by atoms with Crippen molar-refractivity contribution in [2.45, 2.75) is 83.3 Å². The molecule has 3 rings (SSSR count). The van der Waals surface area contributed by atoms with E-state index in [2.05, 4.69) is 23.6 Å². The molecule has 1 saturated carbocycles. The zero-order valence-electron chi connectivity index (χ0n) is 14.2. The average molecular weight is 293 g/mol. The summed E-state index contributed by atoms with van der Waals surface area (Å²) in [5.41, 5.74) is 6.94. The van der Waals surface area contributed by atoms with Gasteiger partial charge in [0.2, 0.25) is 0 Å². The Morgan fingerprint density at radius 1 is 0.810 bits per heavy atom. The van der Waals surface area contributed by atoms with E-state index < -0.39 is 0 Å². The minimum absolute atomic E-state index is 0.326. The molecule has 3 aliphatic rings. The van der Waals surface area contributed by atoms with Gasteiger partial charge >= 0.3 is 0 Å². The summed E-state index contributed by atoms with van der Waals surface area (Å²) in [6, 6.07) is 1.85. The van der Waals surface area contributed by atoms with Crippen LogP contribution in [0.4, 0.5) is 0 Å². The number of nitrogens with two attached hydrogens (primary N) is 1. The Morgan fingerprint density at radius 3 is 2.14 bits per heavy atom. The molecule has 1 aliphatic carbocycles. The molecule has 2 unspecified atom stereocenters. The highest BCUT2D eigenvalue weighted by Crippen LogP contribution is 2.37. The lowest BCUT2D eigenvalue weighted by Gasteiger charge is -2.49. The first kappa shape index (κ1) is 15.8. The van der Waals surface area contributed by atoms with Crippen molar-refractivity contribution in [1.29, 1.82) is 0 Å². The highest BCUT2D eigenvalue weighted by atomic mass is 15.2. The lowest BCUT2D eigenvalue weighted by atomic mass is 9.70. The number of piperidine rings is 2. The van der Waals surface area contributed by atoms with Crippen LogP contribution in [0.25, 0.3) is 0 Å². The maximum absolute atomic E-state index is 6.61. The van der Waals surface area contributed by atoms with Crippen LogP contribution in [-0.2, 0) is 0 Å². The normalized spacial score (nSPS) is 36.7. The van der Waals surface area contributed by atoms with Crippen molar-refractivity contribution in [3.05, 3.63) is 0 Å². The zero-order chi connectivity index (χ0) is 14.9. The van der Waals surface area contributed by atoms with Gasteiger partial charge in [0.15, 0.2) is 0 Å². The van der Waals surface area contributed by atoms with Crippen LogP contribution in [0.3, 0.4) is 0 Å². The summed E-state index contributed by atoms with van der Waals surface area (Å²) in [5.74, 6) is 0. The maximum Gasteiger partial charge on any atom is 0.0252 e. The molecule has 21 heavy (non-hydrogen) atoms. The molecule has 0 bridgehead atoms. The zero-order valence-corrected chi connectivity index (χ0v) is 14.2. The van der Waals surface area contributed by atoms with Crippen LogP contribution < -0.4 is 5.73 Å². The highest BCUT2D eigenvalue weighted by molar-refractivity contribution is 4.97. The van der Waals surface area contributed by atoms with Crippen molar-refractivity contribution in [3.63, 3.8) is 0 Å². The molecule has 3 fully saturated rings. The fraction of sp³-hybridized carbons (Fsp3) is 1.00. The molecule has 2 heterocycles. The molecule has 2 aliphatic heterocycles. The predicted molar refractivity (Wildman–Crippen MR) is 89.4 cm³/mol. The summed E-state index contributed by atoms with van der Waals surface area (Å²) >= 11 is 0. The van der Waals surface area contributed by atoms with Crippen LogP contribution in [0.15, 0.2) is 0 Å². The van der Waals surface area contributed by atoms with Gasteiger partial charge in [-0.25, -0.2) is 0 Å². The minimum Gasteiger partial charge on any atom is -0.326 e. The van der Waals surface area contributed by atoms with Gasteiger partial charge in [-0.05, 0) is 70.1 Å². The van der Waals surface area contributed by atoms with Crippen LogP contribution in [0, 0.1) is 5.41 Å². The molecule has 0 radical (unpaired) electrons. The van der Waals surface area contributed by atoms with Crippen molar-refractivity contribution in [2.75, 3.05) is 26.2 Å². The minimum atomic E-state index is 0.326. The van der Waals surface area contributed by atoms with Crippen molar-refractivity contribution in [2.24, 2.45) is 11.1 Å². The van der Waals surface area contributed by atoms with Crippen molar-refractivity contribution >= 4 is 0 Å². The average Bonchev–Trinajstić information content (AvgIpc) is 2.51. The fourth-order valence-corrected chi connectivity index (χ4v) is 4.91. The number of nitrogens with zero attached hydrogens (tertiary/aromatic N) is 2. The first-order valence-electron chi connectivity index (χ1n) is 9.31. The van der Waals surface area contributed by atoms with Gasteiger partial charge in [-0.1, -0.05) is 26.7 Å². The van der Waals surface area contributed by atoms with Crippen molar-refractivity contribution in [1.82, 2.24) is 9.80 Å². The van der Waals surface area contributed by atoms with Crippen molar-refractivity contribution in [3.8, 4) is 0 Å². The molecule has 2 N–H and O–H groups in total. The molecular formula is C18H35N3. The van der Waals surface area contributed by atoms with Crippen LogP contribution in [-0.4, -0.2) is 54.1 Å². The number of hydrogen-bond acceptors (Lipinski definition) is 3. The van der Waals surface area contributed by atoms with Gasteiger partial charge < -0.3 is 10.6 Å². The fourth-order valence-electron chi connectivity index (χ4n) is 4.91. The van der Waals surface area contributed by atoms with E-state index in [1.54, 1.807) is 0 Å². The molecule has 3 nitrogen and oxygen atoms in total. The molecule has 0 aromatic rings. The van der Waals surface area contributed by atoms with E-state index in [0.29, 0.717) is 17.5 Å². The number of hydrogen-bond donors (Lipinski definition) is 1. The molecular weight excluding hydrogens is 258 g/mol. The Labute approximate surface area is 131 Å². The predicted octanol–water partition coefficient (Wildman–Crippen LogP) is 2.84. The maximum atomic E-state index is 6.61. The van der Waals surface area contributed by atoms with Crippen molar-refractivity contribution < 1.29 is 0 Å². The molecule has 2 atom stereocenters. The second kappa shape index (κ2) is 6.55. The third-order valence-corrected chi connectivity index (χ3v) is 6.51. The summed E-state index contributed by atoms with van der Waals surface area (Å²) < 4.78 is 0. The largest absolute Gasteiger partial charge is 0.326 e. The van der Waals surface area contributed by atoms with Crippen LogP contribution >= 0.6 is 0 Å². The Morgan fingerprint density at radius 2 is 1.48 bits per heavy atom.